The van der Waals surface area contributed by atoms with Crippen LogP contribution >= 0.6 is 11.8 Å². The van der Waals surface area contributed by atoms with E-state index in [0.717, 1.165) is 6.54 Å². The summed E-state index contributed by atoms with van der Waals surface area (Å²) in [5.41, 5.74) is 0.332. The molecule has 0 aliphatic carbocycles. The lowest BCUT2D eigenvalue weighted by Gasteiger charge is -2.46. The van der Waals surface area contributed by atoms with E-state index in [-0.39, 0.29) is 0 Å². The smallest absolute Gasteiger partial charge is 0.0278 e. The first kappa shape index (κ1) is 14.3. The number of piperazine rings is 1. The molecule has 96 valence electrons. The summed E-state index contributed by atoms with van der Waals surface area (Å²) in [6, 6.07) is 0.713. The largest absolute Gasteiger partial charge is 0.311 e. The van der Waals surface area contributed by atoms with Crippen molar-refractivity contribution in [3.63, 3.8) is 0 Å². The van der Waals surface area contributed by atoms with Gasteiger partial charge in [0.15, 0.2) is 0 Å². The average Bonchev–Trinajstić information content (AvgIpc) is 2.23. The highest BCUT2D eigenvalue weighted by atomic mass is 32.2. The first-order chi connectivity index (χ1) is 7.60. The molecule has 0 aromatic heterocycles. The van der Waals surface area contributed by atoms with Crippen molar-refractivity contribution >= 4 is 11.8 Å². The van der Waals surface area contributed by atoms with Crippen molar-refractivity contribution in [2.24, 2.45) is 0 Å². The highest BCUT2D eigenvalue weighted by Crippen LogP contribution is 2.20. The second kappa shape index (κ2) is 6.87. The number of nitrogens with one attached hydrogen (secondary N) is 1. The monoisotopic (exact) mass is 244 g/mol. The van der Waals surface area contributed by atoms with E-state index in [0.29, 0.717) is 11.6 Å². The lowest BCUT2D eigenvalue weighted by Crippen LogP contribution is -2.62. The summed E-state index contributed by atoms with van der Waals surface area (Å²) < 4.78 is 0. The topological polar surface area (TPSA) is 15.3 Å². The molecule has 1 N–H and O–H groups in total. The van der Waals surface area contributed by atoms with Crippen LogP contribution in [0.4, 0.5) is 0 Å². The third kappa shape index (κ3) is 4.27. The molecular formula is C13H28N2S. The summed E-state index contributed by atoms with van der Waals surface area (Å²) in [4.78, 5) is 2.67. The zero-order chi connectivity index (χ0) is 12.0. The fraction of sp³-hybridized carbons (Fsp3) is 1.00. The van der Waals surface area contributed by atoms with Crippen molar-refractivity contribution in [2.75, 3.05) is 31.1 Å². The van der Waals surface area contributed by atoms with Gasteiger partial charge in [0.2, 0.25) is 0 Å². The minimum atomic E-state index is 0.332. The van der Waals surface area contributed by atoms with Gasteiger partial charge in [0, 0.05) is 37.0 Å². The van der Waals surface area contributed by atoms with E-state index >= 15 is 0 Å². The van der Waals surface area contributed by atoms with Gasteiger partial charge in [-0.3, -0.25) is 4.90 Å². The molecule has 1 unspecified atom stereocenters. The Morgan fingerprint density at radius 2 is 2.12 bits per heavy atom. The van der Waals surface area contributed by atoms with Crippen LogP contribution in [0.5, 0.6) is 0 Å². The van der Waals surface area contributed by atoms with Gasteiger partial charge in [0.1, 0.15) is 0 Å². The molecule has 1 aliphatic heterocycles. The average molecular weight is 244 g/mol. The van der Waals surface area contributed by atoms with E-state index in [2.05, 4.69) is 49.7 Å². The van der Waals surface area contributed by atoms with Crippen molar-refractivity contribution in [3.05, 3.63) is 0 Å². The highest BCUT2D eigenvalue weighted by molar-refractivity contribution is 7.99. The molecule has 16 heavy (non-hydrogen) atoms. The first-order valence-electron chi connectivity index (χ1n) is 6.66. The molecule has 0 saturated carbocycles. The maximum absolute atomic E-state index is 3.68. The SMILES string of the molecule is CCCC1CN(CCSCC)C(C)(C)CN1. The van der Waals surface area contributed by atoms with Gasteiger partial charge in [-0.25, -0.2) is 0 Å². The van der Waals surface area contributed by atoms with Gasteiger partial charge in [-0.1, -0.05) is 20.3 Å². The van der Waals surface area contributed by atoms with Crippen LogP contribution in [0.2, 0.25) is 0 Å². The van der Waals surface area contributed by atoms with Crippen LogP contribution in [-0.2, 0) is 0 Å². The molecule has 1 atom stereocenters. The molecule has 0 aromatic carbocycles. The molecule has 0 aromatic rings. The van der Waals surface area contributed by atoms with E-state index in [9.17, 15) is 0 Å². The Morgan fingerprint density at radius 1 is 1.38 bits per heavy atom. The molecule has 0 bridgehead atoms. The maximum Gasteiger partial charge on any atom is 0.0278 e. The number of thioether (sulfide) groups is 1. The molecule has 2 nitrogen and oxygen atoms in total. The Kier molecular flexibility index (Phi) is 6.16. The summed E-state index contributed by atoms with van der Waals surface area (Å²) in [6.45, 7) is 12.8. The van der Waals surface area contributed by atoms with Crippen molar-refractivity contribution in [2.45, 2.75) is 52.1 Å². The van der Waals surface area contributed by atoms with Crippen LogP contribution in [-0.4, -0.2) is 47.6 Å². The zero-order valence-electron chi connectivity index (χ0n) is 11.4. The molecule has 3 heteroatoms. The quantitative estimate of drug-likeness (QED) is 0.723. The van der Waals surface area contributed by atoms with E-state index in [1.807, 2.05) is 0 Å². The maximum atomic E-state index is 3.68. The minimum absolute atomic E-state index is 0.332. The van der Waals surface area contributed by atoms with Gasteiger partial charge in [-0.05, 0) is 26.0 Å². The van der Waals surface area contributed by atoms with Gasteiger partial charge >= 0.3 is 0 Å². The van der Waals surface area contributed by atoms with Gasteiger partial charge < -0.3 is 5.32 Å². The lowest BCUT2D eigenvalue weighted by molar-refractivity contribution is 0.0706. The van der Waals surface area contributed by atoms with Crippen LogP contribution < -0.4 is 5.32 Å². The molecule has 1 fully saturated rings. The second-order valence-corrected chi connectivity index (χ2v) is 6.72. The molecule has 0 amide bonds. The summed E-state index contributed by atoms with van der Waals surface area (Å²) in [7, 11) is 0. The number of hydrogen-bond acceptors (Lipinski definition) is 3. The van der Waals surface area contributed by atoms with Crippen molar-refractivity contribution in [3.8, 4) is 0 Å². The van der Waals surface area contributed by atoms with Crippen LogP contribution in [0.15, 0.2) is 0 Å². The van der Waals surface area contributed by atoms with Crippen LogP contribution in [0, 0.1) is 0 Å². The van der Waals surface area contributed by atoms with E-state index in [1.165, 1.54) is 37.4 Å². The third-order valence-electron chi connectivity index (χ3n) is 3.47. The molecule has 1 rings (SSSR count). The van der Waals surface area contributed by atoms with E-state index < -0.39 is 0 Å². The highest BCUT2D eigenvalue weighted by Gasteiger charge is 2.32. The molecule has 1 saturated heterocycles. The van der Waals surface area contributed by atoms with Gasteiger partial charge in [-0.15, -0.1) is 0 Å². The van der Waals surface area contributed by atoms with Crippen LogP contribution in [0.3, 0.4) is 0 Å². The Morgan fingerprint density at radius 3 is 2.75 bits per heavy atom. The van der Waals surface area contributed by atoms with E-state index in [4.69, 9.17) is 0 Å². The number of nitrogens with zero attached hydrogens (tertiary/aromatic N) is 1. The fourth-order valence-electron chi connectivity index (χ4n) is 2.34. The standard InChI is InChI=1S/C13H28N2S/c1-5-7-12-10-15(8-9-16-6-2)13(3,4)11-14-12/h12,14H,5-11H2,1-4H3. The molecule has 0 radical (unpaired) electrons. The summed E-state index contributed by atoms with van der Waals surface area (Å²) in [5.74, 6) is 2.52. The summed E-state index contributed by atoms with van der Waals surface area (Å²) >= 11 is 2.06. The van der Waals surface area contributed by atoms with Crippen LogP contribution in [0.25, 0.3) is 0 Å². The predicted molar refractivity (Wildman–Crippen MR) is 75.3 cm³/mol. The minimum Gasteiger partial charge on any atom is -0.311 e. The zero-order valence-corrected chi connectivity index (χ0v) is 12.2. The summed E-state index contributed by atoms with van der Waals surface area (Å²) in [5, 5.41) is 3.68. The fourth-order valence-corrected chi connectivity index (χ4v) is 2.98. The predicted octanol–water partition coefficient (Wildman–Crippen LogP) is 2.59. The Bertz CT molecular complexity index is 194. The first-order valence-corrected chi connectivity index (χ1v) is 7.81. The van der Waals surface area contributed by atoms with Gasteiger partial charge in [-0.2, -0.15) is 11.8 Å². The Hall–Kier alpha value is 0.270. The Labute approximate surface area is 106 Å². The van der Waals surface area contributed by atoms with Gasteiger partial charge in [0.25, 0.3) is 0 Å². The third-order valence-corrected chi connectivity index (χ3v) is 4.35. The summed E-state index contributed by atoms with van der Waals surface area (Å²) in [6.07, 6.45) is 2.60. The molecule has 1 aliphatic rings. The van der Waals surface area contributed by atoms with E-state index in [1.54, 1.807) is 0 Å². The number of rotatable bonds is 6. The molecular weight excluding hydrogens is 216 g/mol. The number of hydrogen-bond donors (Lipinski definition) is 1. The van der Waals surface area contributed by atoms with Crippen molar-refractivity contribution in [1.82, 2.24) is 10.2 Å². The van der Waals surface area contributed by atoms with Crippen molar-refractivity contribution in [1.29, 1.82) is 0 Å². The second-order valence-electron chi connectivity index (χ2n) is 5.32. The van der Waals surface area contributed by atoms with Gasteiger partial charge in [0.05, 0.1) is 0 Å². The lowest BCUT2D eigenvalue weighted by atomic mass is 9.96. The Balaban J connectivity index is 2.41. The molecule has 1 heterocycles. The van der Waals surface area contributed by atoms with Crippen LogP contribution in [0.1, 0.15) is 40.5 Å². The van der Waals surface area contributed by atoms with Crippen molar-refractivity contribution < 1.29 is 0 Å². The molecule has 0 spiro atoms. The normalized spacial score (nSPS) is 25.9.